The molecule has 1 heterocycles. The van der Waals surface area contributed by atoms with E-state index in [2.05, 4.69) is 24.3 Å². The minimum Gasteiger partial charge on any atom is -0.349 e. The quantitative estimate of drug-likeness (QED) is 0.931. The first-order valence-corrected chi connectivity index (χ1v) is 8.90. The second-order valence-corrected chi connectivity index (χ2v) is 7.37. The fourth-order valence-corrected chi connectivity index (χ4v) is 3.36. The summed E-state index contributed by atoms with van der Waals surface area (Å²) in [7, 11) is 0. The first-order chi connectivity index (χ1) is 12.0. The van der Waals surface area contributed by atoms with Gasteiger partial charge < -0.3 is 5.32 Å². The highest BCUT2D eigenvalue weighted by molar-refractivity contribution is 5.76. The Labute approximate surface area is 148 Å². The van der Waals surface area contributed by atoms with Crippen molar-refractivity contribution >= 4 is 5.91 Å². The van der Waals surface area contributed by atoms with Gasteiger partial charge in [0.1, 0.15) is 6.54 Å². The molecule has 5 nitrogen and oxygen atoms in total. The number of nitrogens with zero attached hydrogens (tertiary/aromatic N) is 2. The van der Waals surface area contributed by atoms with Gasteiger partial charge in [0.15, 0.2) is 0 Å². The monoisotopic (exact) mass is 339 g/mol. The van der Waals surface area contributed by atoms with Crippen molar-refractivity contribution in [1.29, 1.82) is 0 Å². The number of hydrogen-bond donors (Lipinski definition) is 1. The number of nitrogens with one attached hydrogen (secondary N) is 1. The van der Waals surface area contributed by atoms with Crippen LogP contribution in [0.2, 0.25) is 0 Å². The molecule has 1 N–H and O–H groups in total. The van der Waals surface area contributed by atoms with Crippen LogP contribution in [0.5, 0.6) is 0 Å². The summed E-state index contributed by atoms with van der Waals surface area (Å²) in [5.41, 5.74) is 1.16. The van der Waals surface area contributed by atoms with Gasteiger partial charge in [0.2, 0.25) is 5.91 Å². The zero-order valence-electron chi connectivity index (χ0n) is 14.9. The number of carbonyl (C=O) groups excluding carboxylic acids is 1. The Morgan fingerprint density at radius 2 is 1.88 bits per heavy atom. The van der Waals surface area contributed by atoms with Gasteiger partial charge >= 0.3 is 0 Å². The Balaban J connectivity index is 1.72. The molecule has 0 atom stereocenters. The molecule has 1 aromatic heterocycles. The summed E-state index contributed by atoms with van der Waals surface area (Å²) >= 11 is 0. The normalized spacial score (nSPS) is 23.2. The Bertz CT molecular complexity index is 790. The molecule has 3 rings (SSSR count). The number of rotatable bonds is 4. The molecule has 1 aliphatic rings. The molecule has 132 valence electrons. The van der Waals surface area contributed by atoms with Crippen LogP contribution in [-0.4, -0.2) is 21.2 Å². The van der Waals surface area contributed by atoms with E-state index in [4.69, 9.17) is 0 Å². The summed E-state index contributed by atoms with van der Waals surface area (Å²) in [4.78, 5) is 24.5. The SMILES string of the molecule is CC1CCC(C)(NC(=O)Cn2nc(-c3ccccc3)ccc2=O)CC1. The molecule has 1 aliphatic carbocycles. The third-order valence-corrected chi connectivity index (χ3v) is 5.05. The maximum absolute atomic E-state index is 12.5. The average molecular weight is 339 g/mol. The maximum atomic E-state index is 12.5. The molecule has 0 spiro atoms. The van der Waals surface area contributed by atoms with Crippen LogP contribution in [0.4, 0.5) is 0 Å². The summed E-state index contributed by atoms with van der Waals surface area (Å²) in [6.07, 6.45) is 4.20. The summed E-state index contributed by atoms with van der Waals surface area (Å²) in [6.45, 7) is 4.29. The lowest BCUT2D eigenvalue weighted by atomic mass is 9.78. The van der Waals surface area contributed by atoms with Crippen LogP contribution in [0.1, 0.15) is 39.5 Å². The van der Waals surface area contributed by atoms with Gasteiger partial charge in [-0.15, -0.1) is 0 Å². The van der Waals surface area contributed by atoms with Crippen molar-refractivity contribution in [2.24, 2.45) is 5.92 Å². The number of hydrogen-bond acceptors (Lipinski definition) is 3. The second-order valence-electron chi connectivity index (χ2n) is 7.37. The maximum Gasteiger partial charge on any atom is 0.267 e. The molecule has 1 saturated carbocycles. The highest BCUT2D eigenvalue weighted by Gasteiger charge is 2.30. The predicted octanol–water partition coefficient (Wildman–Crippen LogP) is 3.00. The van der Waals surface area contributed by atoms with Crippen molar-refractivity contribution in [3.8, 4) is 11.3 Å². The molecule has 2 aromatic rings. The van der Waals surface area contributed by atoms with E-state index < -0.39 is 0 Å². The molecular weight excluding hydrogens is 314 g/mol. The van der Waals surface area contributed by atoms with E-state index in [1.807, 2.05) is 30.3 Å². The fraction of sp³-hybridized carbons (Fsp3) is 0.450. The summed E-state index contributed by atoms with van der Waals surface area (Å²) in [5, 5.41) is 7.47. The molecular formula is C20H25N3O2. The van der Waals surface area contributed by atoms with E-state index in [1.54, 1.807) is 6.07 Å². The van der Waals surface area contributed by atoms with E-state index in [0.29, 0.717) is 5.69 Å². The van der Waals surface area contributed by atoms with E-state index in [9.17, 15) is 9.59 Å². The zero-order chi connectivity index (χ0) is 17.9. The van der Waals surface area contributed by atoms with Crippen molar-refractivity contribution in [1.82, 2.24) is 15.1 Å². The Kier molecular flexibility index (Phi) is 5.02. The molecule has 0 bridgehead atoms. The number of aromatic nitrogens is 2. The topological polar surface area (TPSA) is 64.0 Å². The lowest BCUT2D eigenvalue weighted by molar-refractivity contribution is -0.124. The van der Waals surface area contributed by atoms with Crippen LogP contribution in [0, 0.1) is 5.92 Å². The van der Waals surface area contributed by atoms with Gasteiger partial charge in [0.05, 0.1) is 5.69 Å². The van der Waals surface area contributed by atoms with Gasteiger partial charge in [-0.1, -0.05) is 37.3 Å². The molecule has 1 aromatic carbocycles. The van der Waals surface area contributed by atoms with Gasteiger partial charge in [-0.05, 0) is 44.6 Å². The van der Waals surface area contributed by atoms with Crippen molar-refractivity contribution < 1.29 is 4.79 Å². The van der Waals surface area contributed by atoms with Crippen LogP contribution in [0.15, 0.2) is 47.3 Å². The van der Waals surface area contributed by atoms with Crippen LogP contribution >= 0.6 is 0 Å². The van der Waals surface area contributed by atoms with E-state index >= 15 is 0 Å². The minimum atomic E-state index is -0.266. The third kappa shape index (κ3) is 4.35. The highest BCUT2D eigenvalue weighted by Crippen LogP contribution is 2.31. The van der Waals surface area contributed by atoms with Crippen LogP contribution in [-0.2, 0) is 11.3 Å². The van der Waals surface area contributed by atoms with Gasteiger partial charge in [0.25, 0.3) is 5.56 Å². The van der Waals surface area contributed by atoms with Crippen molar-refractivity contribution in [2.75, 3.05) is 0 Å². The van der Waals surface area contributed by atoms with Gasteiger partial charge in [-0.3, -0.25) is 9.59 Å². The largest absolute Gasteiger partial charge is 0.349 e. The zero-order valence-corrected chi connectivity index (χ0v) is 14.9. The van der Waals surface area contributed by atoms with Crippen molar-refractivity contribution in [3.63, 3.8) is 0 Å². The molecule has 5 heteroatoms. The van der Waals surface area contributed by atoms with Gasteiger partial charge in [-0.2, -0.15) is 5.10 Å². The number of carbonyl (C=O) groups is 1. The molecule has 1 amide bonds. The minimum absolute atomic E-state index is 0.0509. The smallest absolute Gasteiger partial charge is 0.267 e. The van der Waals surface area contributed by atoms with Crippen LogP contribution < -0.4 is 10.9 Å². The Hall–Kier alpha value is -2.43. The Morgan fingerprint density at radius 1 is 1.20 bits per heavy atom. The van der Waals surface area contributed by atoms with Crippen LogP contribution in [0.25, 0.3) is 11.3 Å². The lowest BCUT2D eigenvalue weighted by Crippen LogP contribution is -2.49. The van der Waals surface area contributed by atoms with Crippen LogP contribution in [0.3, 0.4) is 0 Å². The van der Waals surface area contributed by atoms with Crippen molar-refractivity contribution in [3.05, 3.63) is 52.8 Å². The fourth-order valence-electron chi connectivity index (χ4n) is 3.36. The van der Waals surface area contributed by atoms with Gasteiger partial charge in [-0.25, -0.2) is 4.68 Å². The molecule has 25 heavy (non-hydrogen) atoms. The molecule has 0 radical (unpaired) electrons. The average Bonchev–Trinajstić information content (AvgIpc) is 2.60. The standard InChI is InChI=1S/C20H25N3O2/c1-15-10-12-20(2,13-11-15)21-18(24)14-23-19(25)9-8-17(22-23)16-6-4-3-5-7-16/h3-9,15H,10-14H2,1-2H3,(H,21,24). The summed E-state index contributed by atoms with van der Waals surface area (Å²) < 4.78 is 1.24. The highest BCUT2D eigenvalue weighted by atomic mass is 16.2. The first-order valence-electron chi connectivity index (χ1n) is 8.90. The Morgan fingerprint density at radius 3 is 2.56 bits per heavy atom. The molecule has 1 fully saturated rings. The molecule has 0 saturated heterocycles. The predicted molar refractivity (Wildman–Crippen MR) is 98.1 cm³/mol. The number of amides is 1. The first kappa shape index (κ1) is 17.4. The molecule has 0 aliphatic heterocycles. The summed E-state index contributed by atoms with van der Waals surface area (Å²) in [6, 6.07) is 12.8. The molecule has 0 unspecified atom stereocenters. The second kappa shape index (κ2) is 7.21. The lowest BCUT2D eigenvalue weighted by Gasteiger charge is -2.37. The van der Waals surface area contributed by atoms with E-state index in [1.165, 1.54) is 10.7 Å². The van der Waals surface area contributed by atoms with E-state index in [0.717, 1.165) is 37.2 Å². The number of benzene rings is 1. The summed E-state index contributed by atoms with van der Waals surface area (Å²) in [5.74, 6) is 0.564. The third-order valence-electron chi connectivity index (χ3n) is 5.05. The van der Waals surface area contributed by atoms with Crippen molar-refractivity contribution in [2.45, 2.75) is 51.6 Å². The van der Waals surface area contributed by atoms with Gasteiger partial charge in [0, 0.05) is 17.2 Å². The van der Waals surface area contributed by atoms with E-state index in [-0.39, 0.29) is 23.6 Å².